The maximum atomic E-state index is 14.5. The third-order valence-corrected chi connectivity index (χ3v) is 7.25. The standard InChI is InChI=1S/C29H29ClFNO5/c30-23-12-18(14-32-25(15-33)29(34)35)27(36-16-17-8-9-17)13-28(23)37-26-11-10-20-19(5-3-6-22(20)26)21-4-1-2-7-24(21)31/h1-7,12-13,17,25-26,32-33H,8-11,14-16H2,(H,34,35)/t25-,26-/m0/s1. The summed E-state index contributed by atoms with van der Waals surface area (Å²) < 4.78 is 27.0. The number of hydrogen-bond acceptors (Lipinski definition) is 5. The van der Waals surface area contributed by atoms with E-state index in [2.05, 4.69) is 5.32 Å². The number of aliphatic carboxylic acids is 1. The van der Waals surface area contributed by atoms with E-state index in [0.717, 1.165) is 42.4 Å². The summed E-state index contributed by atoms with van der Waals surface area (Å²) in [4.78, 5) is 11.3. The van der Waals surface area contributed by atoms with Crippen molar-refractivity contribution in [3.8, 4) is 22.6 Å². The van der Waals surface area contributed by atoms with Gasteiger partial charge in [0.1, 0.15) is 29.5 Å². The summed E-state index contributed by atoms with van der Waals surface area (Å²) in [5, 5.41) is 21.8. The largest absolute Gasteiger partial charge is 0.493 e. The molecular formula is C29H29ClFNO5. The summed E-state index contributed by atoms with van der Waals surface area (Å²) in [7, 11) is 0. The number of carboxylic acid groups (broad SMARTS) is 1. The van der Waals surface area contributed by atoms with Crippen LogP contribution in [0.4, 0.5) is 4.39 Å². The van der Waals surface area contributed by atoms with Crippen molar-refractivity contribution in [1.29, 1.82) is 0 Å². The highest BCUT2D eigenvalue weighted by atomic mass is 35.5. The molecule has 0 spiro atoms. The second-order valence-corrected chi connectivity index (χ2v) is 10.0. The molecule has 8 heteroatoms. The summed E-state index contributed by atoms with van der Waals surface area (Å²) >= 11 is 6.62. The van der Waals surface area contributed by atoms with Crippen molar-refractivity contribution in [1.82, 2.24) is 5.32 Å². The second-order valence-electron chi connectivity index (χ2n) is 9.60. The van der Waals surface area contributed by atoms with Gasteiger partial charge in [0, 0.05) is 23.7 Å². The molecule has 3 aromatic carbocycles. The topological polar surface area (TPSA) is 88.0 Å². The lowest BCUT2D eigenvalue weighted by Gasteiger charge is -2.20. The lowest BCUT2D eigenvalue weighted by atomic mass is 9.96. The van der Waals surface area contributed by atoms with Gasteiger partial charge in [0.05, 0.1) is 18.2 Å². The molecule has 5 rings (SSSR count). The first kappa shape index (κ1) is 25.5. The molecule has 6 nitrogen and oxygen atoms in total. The summed E-state index contributed by atoms with van der Waals surface area (Å²) in [5.41, 5.74) is 4.22. The summed E-state index contributed by atoms with van der Waals surface area (Å²) in [6.45, 7) is 0.197. The van der Waals surface area contributed by atoms with E-state index < -0.39 is 18.6 Å². The quantitative estimate of drug-likeness (QED) is 0.305. The van der Waals surface area contributed by atoms with Crippen molar-refractivity contribution in [2.75, 3.05) is 13.2 Å². The SMILES string of the molecule is O=C(O)[C@H](CO)NCc1cc(Cl)c(O[C@H]2CCc3c(-c4ccccc4F)cccc32)cc1OCC1CC1. The van der Waals surface area contributed by atoms with Crippen LogP contribution in [0.1, 0.15) is 42.1 Å². The number of aliphatic hydroxyl groups is 1. The molecule has 3 N–H and O–H groups in total. The van der Waals surface area contributed by atoms with Crippen molar-refractivity contribution in [3.05, 3.63) is 82.1 Å². The molecule has 194 valence electrons. The van der Waals surface area contributed by atoms with Crippen LogP contribution in [0.5, 0.6) is 11.5 Å². The Bertz CT molecular complexity index is 1300. The lowest BCUT2D eigenvalue weighted by molar-refractivity contribution is -0.140. The molecule has 0 saturated heterocycles. The Hall–Kier alpha value is -3.13. The number of aliphatic hydroxyl groups excluding tert-OH is 1. The number of ether oxygens (including phenoxy) is 2. The van der Waals surface area contributed by atoms with E-state index in [1.807, 2.05) is 24.3 Å². The normalized spacial score (nSPS) is 17.3. The minimum atomic E-state index is -1.14. The number of nitrogens with one attached hydrogen (secondary N) is 1. The van der Waals surface area contributed by atoms with Gasteiger partial charge in [-0.2, -0.15) is 0 Å². The zero-order valence-electron chi connectivity index (χ0n) is 20.3. The van der Waals surface area contributed by atoms with Crippen LogP contribution < -0.4 is 14.8 Å². The van der Waals surface area contributed by atoms with E-state index >= 15 is 0 Å². The van der Waals surface area contributed by atoms with Crippen LogP contribution in [-0.4, -0.2) is 35.4 Å². The maximum Gasteiger partial charge on any atom is 0.323 e. The summed E-state index contributed by atoms with van der Waals surface area (Å²) in [6, 6.07) is 15.0. The number of carbonyl (C=O) groups is 1. The molecule has 2 atom stereocenters. The summed E-state index contributed by atoms with van der Waals surface area (Å²) in [6.07, 6.45) is 3.49. The number of carboxylic acids is 1. The Morgan fingerprint density at radius 3 is 2.59 bits per heavy atom. The number of rotatable bonds is 11. The number of benzene rings is 3. The first-order valence-electron chi connectivity index (χ1n) is 12.5. The van der Waals surface area contributed by atoms with Crippen molar-refractivity contribution in [3.63, 3.8) is 0 Å². The van der Waals surface area contributed by atoms with Gasteiger partial charge in [0.25, 0.3) is 0 Å². The first-order chi connectivity index (χ1) is 17.9. The average Bonchev–Trinajstić information content (AvgIpc) is 3.63. The molecule has 0 amide bonds. The van der Waals surface area contributed by atoms with Gasteiger partial charge in [0.15, 0.2) is 0 Å². The molecule has 0 radical (unpaired) electrons. The molecule has 0 aromatic heterocycles. The zero-order valence-corrected chi connectivity index (χ0v) is 21.0. The van der Waals surface area contributed by atoms with Crippen LogP contribution in [-0.2, 0) is 17.8 Å². The van der Waals surface area contributed by atoms with Crippen LogP contribution in [0, 0.1) is 11.7 Å². The van der Waals surface area contributed by atoms with Gasteiger partial charge >= 0.3 is 5.97 Å². The third kappa shape index (κ3) is 5.74. The predicted molar refractivity (Wildman–Crippen MR) is 139 cm³/mol. The summed E-state index contributed by atoms with van der Waals surface area (Å²) in [5.74, 6) is 0.171. The molecule has 1 saturated carbocycles. The van der Waals surface area contributed by atoms with E-state index in [4.69, 9.17) is 21.1 Å². The molecule has 37 heavy (non-hydrogen) atoms. The Morgan fingerprint density at radius 2 is 1.86 bits per heavy atom. The second kappa shape index (κ2) is 11.1. The highest BCUT2D eigenvalue weighted by Crippen LogP contribution is 2.43. The highest BCUT2D eigenvalue weighted by Gasteiger charge is 2.29. The fourth-order valence-electron chi connectivity index (χ4n) is 4.72. The van der Waals surface area contributed by atoms with Crippen LogP contribution in [0.25, 0.3) is 11.1 Å². The Balaban J connectivity index is 1.40. The first-order valence-corrected chi connectivity index (χ1v) is 12.9. The molecule has 3 aromatic rings. The Kier molecular flexibility index (Phi) is 7.65. The van der Waals surface area contributed by atoms with Crippen LogP contribution in [0.3, 0.4) is 0 Å². The van der Waals surface area contributed by atoms with E-state index in [1.165, 1.54) is 6.07 Å². The van der Waals surface area contributed by atoms with Gasteiger partial charge in [0.2, 0.25) is 0 Å². The molecule has 0 aliphatic heterocycles. The monoisotopic (exact) mass is 525 g/mol. The van der Waals surface area contributed by atoms with Gasteiger partial charge in [-0.25, -0.2) is 4.39 Å². The molecular weight excluding hydrogens is 497 g/mol. The smallest absolute Gasteiger partial charge is 0.323 e. The third-order valence-electron chi connectivity index (χ3n) is 6.95. The fourth-order valence-corrected chi connectivity index (χ4v) is 4.95. The number of fused-ring (bicyclic) bond motifs is 1. The van der Waals surface area contributed by atoms with Crippen LogP contribution in [0.15, 0.2) is 54.6 Å². The van der Waals surface area contributed by atoms with Crippen molar-refractivity contribution < 1.29 is 28.9 Å². The van der Waals surface area contributed by atoms with Gasteiger partial charge in [-0.15, -0.1) is 0 Å². The maximum absolute atomic E-state index is 14.5. The van der Waals surface area contributed by atoms with Crippen molar-refractivity contribution in [2.45, 2.75) is 44.4 Å². The Labute approximate surface area is 220 Å². The van der Waals surface area contributed by atoms with Crippen LogP contribution in [0.2, 0.25) is 5.02 Å². The molecule has 0 heterocycles. The van der Waals surface area contributed by atoms with Crippen molar-refractivity contribution in [2.24, 2.45) is 5.92 Å². The molecule has 2 aliphatic rings. The fraction of sp³-hybridized carbons (Fsp3) is 0.345. The number of halogens is 2. The van der Waals surface area contributed by atoms with E-state index in [9.17, 15) is 19.4 Å². The van der Waals surface area contributed by atoms with Gasteiger partial charge in [-0.1, -0.05) is 48.0 Å². The minimum Gasteiger partial charge on any atom is -0.493 e. The number of hydrogen-bond donors (Lipinski definition) is 3. The van der Waals surface area contributed by atoms with Gasteiger partial charge in [-0.3, -0.25) is 10.1 Å². The van der Waals surface area contributed by atoms with E-state index in [0.29, 0.717) is 40.2 Å². The van der Waals surface area contributed by atoms with E-state index in [-0.39, 0.29) is 18.5 Å². The molecule has 0 bridgehead atoms. The predicted octanol–water partition coefficient (Wildman–Crippen LogP) is 5.54. The van der Waals surface area contributed by atoms with Gasteiger partial charge in [-0.05, 0) is 60.4 Å². The molecule has 0 unspecified atom stereocenters. The van der Waals surface area contributed by atoms with Crippen molar-refractivity contribution >= 4 is 17.6 Å². The Morgan fingerprint density at radius 1 is 1.08 bits per heavy atom. The molecule has 2 aliphatic carbocycles. The molecule has 1 fully saturated rings. The zero-order chi connectivity index (χ0) is 25.9. The van der Waals surface area contributed by atoms with Crippen LogP contribution >= 0.6 is 11.6 Å². The highest BCUT2D eigenvalue weighted by molar-refractivity contribution is 6.32. The van der Waals surface area contributed by atoms with E-state index in [1.54, 1.807) is 24.3 Å². The van der Waals surface area contributed by atoms with Gasteiger partial charge < -0.3 is 19.7 Å². The lowest BCUT2D eigenvalue weighted by Crippen LogP contribution is -2.39. The minimum absolute atomic E-state index is 0.162. The average molecular weight is 526 g/mol.